The van der Waals surface area contributed by atoms with E-state index in [0.29, 0.717) is 6.54 Å². The fourth-order valence-corrected chi connectivity index (χ4v) is 2.55. The van der Waals surface area contributed by atoms with E-state index in [1.54, 1.807) is 10.6 Å². The predicted octanol–water partition coefficient (Wildman–Crippen LogP) is 1.75. The van der Waals surface area contributed by atoms with Crippen molar-refractivity contribution < 1.29 is 8.42 Å². The van der Waals surface area contributed by atoms with E-state index in [1.807, 2.05) is 6.92 Å². The molecule has 0 atom stereocenters. The van der Waals surface area contributed by atoms with Crippen molar-refractivity contribution >= 4 is 27.3 Å². The van der Waals surface area contributed by atoms with Gasteiger partial charge in [-0.3, -0.25) is 4.72 Å². The first kappa shape index (κ1) is 12.8. The maximum atomic E-state index is 12.0. The van der Waals surface area contributed by atoms with Crippen LogP contribution in [0.3, 0.4) is 0 Å². The average Bonchev–Trinajstić information content (AvgIpc) is 2.81. The summed E-state index contributed by atoms with van der Waals surface area (Å²) in [5.41, 5.74) is 0.227. The topological polar surface area (TPSA) is 76.9 Å². The maximum Gasteiger partial charge on any atom is 0.281 e. The van der Waals surface area contributed by atoms with Crippen LogP contribution in [-0.4, -0.2) is 23.0 Å². The van der Waals surface area contributed by atoms with Crippen molar-refractivity contribution in [1.29, 1.82) is 0 Å². The highest BCUT2D eigenvalue weighted by molar-refractivity contribution is 7.92. The molecule has 0 saturated carbocycles. The summed E-state index contributed by atoms with van der Waals surface area (Å²) in [5.74, 6) is 0. The molecule has 0 aliphatic rings. The molecule has 1 N–H and O–H groups in total. The zero-order valence-electron chi connectivity index (χ0n) is 9.54. The van der Waals surface area contributed by atoms with Gasteiger partial charge in [-0.2, -0.15) is 8.42 Å². The average molecular weight is 287 g/mol. The monoisotopic (exact) mass is 286 g/mol. The van der Waals surface area contributed by atoms with Gasteiger partial charge in [0.15, 0.2) is 10.2 Å². The highest BCUT2D eigenvalue weighted by Crippen LogP contribution is 2.21. The van der Waals surface area contributed by atoms with E-state index in [9.17, 15) is 8.42 Å². The summed E-state index contributed by atoms with van der Waals surface area (Å²) >= 11 is 5.79. The second-order valence-corrected chi connectivity index (χ2v) is 5.48. The minimum atomic E-state index is -3.73. The molecule has 0 aliphatic carbocycles. The molecule has 6 nitrogen and oxygen atoms in total. The lowest BCUT2D eigenvalue weighted by molar-refractivity contribution is 0.598. The molecule has 2 aromatic rings. The molecule has 0 unspecified atom stereocenters. The number of halogens is 1. The lowest BCUT2D eigenvalue weighted by Crippen LogP contribution is -2.14. The summed E-state index contributed by atoms with van der Waals surface area (Å²) in [6.45, 7) is 2.54. The predicted molar refractivity (Wildman–Crippen MR) is 68.0 cm³/mol. The first-order chi connectivity index (χ1) is 8.53. The van der Waals surface area contributed by atoms with Crippen molar-refractivity contribution in [2.75, 3.05) is 4.72 Å². The zero-order chi connectivity index (χ0) is 13.2. The highest BCUT2D eigenvalue weighted by atomic mass is 35.5. The summed E-state index contributed by atoms with van der Waals surface area (Å²) in [6, 6.07) is 3.12. The molecule has 0 aliphatic heterocycles. The zero-order valence-corrected chi connectivity index (χ0v) is 11.1. The molecule has 8 heteroatoms. The van der Waals surface area contributed by atoms with Gasteiger partial charge in [-0.1, -0.05) is 11.6 Å². The van der Waals surface area contributed by atoms with Crippen molar-refractivity contribution in [3.63, 3.8) is 0 Å². The number of aryl methyl sites for hydroxylation is 1. The Morgan fingerprint density at radius 1 is 1.44 bits per heavy atom. The molecule has 0 radical (unpaired) electrons. The van der Waals surface area contributed by atoms with Crippen LogP contribution >= 0.6 is 11.6 Å². The molecule has 2 rings (SSSR count). The maximum absolute atomic E-state index is 12.0. The summed E-state index contributed by atoms with van der Waals surface area (Å²) in [6.07, 6.45) is 4.39. The Bertz CT molecular complexity index is 653. The number of hydrogen-bond acceptors (Lipinski definition) is 4. The minimum absolute atomic E-state index is 0.0516. The van der Waals surface area contributed by atoms with E-state index in [4.69, 9.17) is 11.6 Å². The summed E-state index contributed by atoms with van der Waals surface area (Å²) in [4.78, 5) is 7.62. The van der Waals surface area contributed by atoms with Crippen molar-refractivity contribution in [2.24, 2.45) is 0 Å². The van der Waals surface area contributed by atoms with Gasteiger partial charge in [-0.25, -0.2) is 9.97 Å². The van der Waals surface area contributed by atoms with Crippen LogP contribution < -0.4 is 4.72 Å². The number of nitrogens with one attached hydrogen (secondary N) is 1. The third-order valence-corrected chi connectivity index (χ3v) is 3.80. The van der Waals surface area contributed by atoms with E-state index in [1.165, 1.54) is 24.8 Å². The summed E-state index contributed by atoms with van der Waals surface area (Å²) in [7, 11) is -3.73. The minimum Gasteiger partial charge on any atom is -0.336 e. The van der Waals surface area contributed by atoms with E-state index < -0.39 is 10.0 Å². The van der Waals surface area contributed by atoms with Gasteiger partial charge in [-0.05, 0) is 19.1 Å². The molecule has 96 valence electrons. The van der Waals surface area contributed by atoms with Gasteiger partial charge in [-0.15, -0.1) is 0 Å². The van der Waals surface area contributed by atoms with Gasteiger partial charge in [0, 0.05) is 18.9 Å². The summed E-state index contributed by atoms with van der Waals surface area (Å²) in [5, 5.41) is 0.0419. The number of rotatable bonds is 4. The Labute approximate surface area is 110 Å². The third kappa shape index (κ3) is 2.62. The number of aromatic nitrogens is 3. The first-order valence-electron chi connectivity index (χ1n) is 5.18. The van der Waals surface area contributed by atoms with Gasteiger partial charge in [0.2, 0.25) is 0 Å². The molecular formula is C10H11ClN4O2S. The molecule has 0 spiro atoms. The Morgan fingerprint density at radius 3 is 2.83 bits per heavy atom. The number of anilines is 1. The molecule has 18 heavy (non-hydrogen) atoms. The third-order valence-electron chi connectivity index (χ3n) is 2.25. The lowest BCUT2D eigenvalue weighted by atomic mass is 10.4. The first-order valence-corrected chi connectivity index (χ1v) is 7.04. The fourth-order valence-electron chi connectivity index (χ4n) is 1.31. The molecule has 2 aromatic heterocycles. The Balaban J connectivity index is 2.30. The quantitative estimate of drug-likeness (QED) is 0.869. The molecule has 0 aromatic carbocycles. The molecule has 0 bridgehead atoms. The van der Waals surface area contributed by atoms with E-state index in [0.717, 1.165) is 0 Å². The van der Waals surface area contributed by atoms with E-state index >= 15 is 0 Å². The van der Waals surface area contributed by atoms with Crippen LogP contribution in [0.25, 0.3) is 0 Å². The van der Waals surface area contributed by atoms with Crippen LogP contribution in [0.5, 0.6) is 0 Å². The van der Waals surface area contributed by atoms with Crippen molar-refractivity contribution in [2.45, 2.75) is 18.5 Å². The molecule has 0 saturated heterocycles. The van der Waals surface area contributed by atoms with Gasteiger partial charge < -0.3 is 4.57 Å². The fraction of sp³-hybridized carbons (Fsp3) is 0.200. The number of sulfonamides is 1. The van der Waals surface area contributed by atoms with Crippen LogP contribution in [0, 0.1) is 0 Å². The molecule has 2 heterocycles. The Hall–Kier alpha value is -1.60. The number of nitrogens with zero attached hydrogens (tertiary/aromatic N) is 3. The van der Waals surface area contributed by atoms with Gasteiger partial charge in [0.05, 0.1) is 12.0 Å². The highest BCUT2D eigenvalue weighted by Gasteiger charge is 2.18. The lowest BCUT2D eigenvalue weighted by Gasteiger charge is -2.06. The molecule has 0 amide bonds. The normalized spacial score (nSPS) is 11.4. The smallest absolute Gasteiger partial charge is 0.281 e. The SMILES string of the molecule is CCn1cnc(S(=O)(=O)Nc2cccnc2Cl)c1. The Kier molecular flexibility index (Phi) is 3.53. The second kappa shape index (κ2) is 4.95. The summed E-state index contributed by atoms with van der Waals surface area (Å²) < 4.78 is 28.0. The van der Waals surface area contributed by atoms with Gasteiger partial charge in [0.1, 0.15) is 0 Å². The van der Waals surface area contributed by atoms with Crippen LogP contribution in [0.1, 0.15) is 6.92 Å². The van der Waals surface area contributed by atoms with Crippen molar-refractivity contribution in [3.05, 3.63) is 36.0 Å². The van der Waals surface area contributed by atoms with Crippen LogP contribution in [0.2, 0.25) is 5.15 Å². The van der Waals surface area contributed by atoms with Crippen LogP contribution in [0.15, 0.2) is 35.9 Å². The standard InChI is InChI=1S/C10H11ClN4O2S/c1-2-15-6-9(13-7-15)18(16,17)14-8-4-3-5-12-10(8)11/h3-7,14H,2H2,1H3. The van der Waals surface area contributed by atoms with E-state index in [-0.39, 0.29) is 15.9 Å². The second-order valence-electron chi connectivity index (χ2n) is 3.49. The van der Waals surface area contributed by atoms with E-state index in [2.05, 4.69) is 14.7 Å². The van der Waals surface area contributed by atoms with Crippen LogP contribution in [-0.2, 0) is 16.6 Å². The van der Waals surface area contributed by atoms with Gasteiger partial charge >= 0.3 is 0 Å². The molecule has 0 fully saturated rings. The number of imidazole rings is 1. The molecular weight excluding hydrogens is 276 g/mol. The van der Waals surface area contributed by atoms with Gasteiger partial charge in [0.25, 0.3) is 10.0 Å². The number of hydrogen-bond donors (Lipinski definition) is 1. The Morgan fingerprint density at radius 2 is 2.22 bits per heavy atom. The van der Waals surface area contributed by atoms with Crippen LogP contribution in [0.4, 0.5) is 5.69 Å². The number of pyridine rings is 1. The largest absolute Gasteiger partial charge is 0.336 e. The van der Waals surface area contributed by atoms with Crippen molar-refractivity contribution in [1.82, 2.24) is 14.5 Å². The van der Waals surface area contributed by atoms with Crippen molar-refractivity contribution in [3.8, 4) is 0 Å².